The number of benzene rings is 2. The molecule has 0 N–H and O–H groups in total. The number of carbonyl (C=O) groups excluding carboxylic acids is 2. The van der Waals surface area contributed by atoms with E-state index in [1.807, 2.05) is 49.7 Å². The first-order valence-corrected chi connectivity index (χ1v) is 9.32. The van der Waals surface area contributed by atoms with Gasteiger partial charge in [-0.25, -0.2) is 0 Å². The molecule has 29 heavy (non-hydrogen) atoms. The fraction of sp³-hybridized carbons (Fsp3) is 0.217. The first-order valence-electron chi connectivity index (χ1n) is 9.32. The number of hydrogen-bond acceptors (Lipinski definition) is 4. The van der Waals surface area contributed by atoms with Crippen molar-refractivity contribution < 1.29 is 9.59 Å². The first kappa shape index (κ1) is 18.6. The van der Waals surface area contributed by atoms with Gasteiger partial charge in [-0.05, 0) is 61.7 Å². The van der Waals surface area contributed by atoms with Crippen molar-refractivity contribution >= 4 is 11.8 Å². The summed E-state index contributed by atoms with van der Waals surface area (Å²) >= 11 is 0. The molecule has 2 heterocycles. The molecule has 1 aliphatic rings. The van der Waals surface area contributed by atoms with E-state index >= 15 is 0 Å². The summed E-state index contributed by atoms with van der Waals surface area (Å²) in [5.74, 6) is -0.532. The summed E-state index contributed by atoms with van der Waals surface area (Å²) < 4.78 is 1.91. The zero-order valence-corrected chi connectivity index (χ0v) is 16.8. The number of hydrogen-bond donors (Lipinski definition) is 0. The Bertz CT molecular complexity index is 1230. The van der Waals surface area contributed by atoms with Crippen LogP contribution in [0.25, 0.3) is 11.1 Å². The molecule has 144 valence electrons. The minimum Gasteiger partial charge on any atom is -0.277 e. The highest BCUT2D eigenvalue weighted by atomic mass is 16.2. The number of amides is 2. The molecule has 0 saturated carbocycles. The molecule has 0 fully saturated rings. The van der Waals surface area contributed by atoms with Crippen molar-refractivity contribution in [1.82, 2.24) is 14.7 Å². The predicted molar refractivity (Wildman–Crippen MR) is 109 cm³/mol. The second kappa shape index (κ2) is 6.71. The van der Waals surface area contributed by atoms with Gasteiger partial charge in [-0.1, -0.05) is 12.1 Å². The lowest BCUT2D eigenvalue weighted by Crippen LogP contribution is -2.24. The van der Waals surface area contributed by atoms with Crippen molar-refractivity contribution in [1.29, 1.82) is 5.26 Å². The third kappa shape index (κ3) is 2.92. The molecule has 0 saturated heterocycles. The number of nitrogens with zero attached hydrogens (tertiary/aromatic N) is 4. The topological polar surface area (TPSA) is 79.0 Å². The normalized spacial score (nSPS) is 13.0. The first-order chi connectivity index (χ1) is 13.8. The maximum absolute atomic E-state index is 12.3. The van der Waals surface area contributed by atoms with Gasteiger partial charge in [-0.3, -0.25) is 19.2 Å². The molecule has 1 aromatic heterocycles. The third-order valence-electron chi connectivity index (χ3n) is 5.50. The summed E-state index contributed by atoms with van der Waals surface area (Å²) in [5, 5.41) is 13.8. The molecule has 6 heteroatoms. The highest BCUT2D eigenvalue weighted by Crippen LogP contribution is 2.29. The minimum atomic E-state index is -0.269. The van der Waals surface area contributed by atoms with E-state index in [0.29, 0.717) is 23.2 Å². The van der Waals surface area contributed by atoms with E-state index in [1.165, 1.54) is 7.05 Å². The van der Waals surface area contributed by atoms with E-state index < -0.39 is 0 Å². The third-order valence-corrected chi connectivity index (χ3v) is 5.50. The van der Waals surface area contributed by atoms with Crippen LogP contribution in [-0.2, 0) is 6.54 Å². The summed E-state index contributed by atoms with van der Waals surface area (Å²) in [4.78, 5) is 25.5. The van der Waals surface area contributed by atoms with Crippen LogP contribution in [0.5, 0.6) is 0 Å². The Kier molecular flexibility index (Phi) is 4.31. The smallest absolute Gasteiger partial charge is 0.261 e. The van der Waals surface area contributed by atoms with Crippen LogP contribution in [0.1, 0.15) is 48.8 Å². The average Bonchev–Trinajstić information content (AvgIpc) is 3.09. The average molecular weight is 384 g/mol. The maximum atomic E-state index is 12.3. The van der Waals surface area contributed by atoms with Gasteiger partial charge < -0.3 is 0 Å². The zero-order chi connectivity index (χ0) is 20.9. The molecule has 0 radical (unpaired) electrons. The van der Waals surface area contributed by atoms with Gasteiger partial charge in [-0.2, -0.15) is 10.4 Å². The number of carbonyl (C=O) groups is 2. The molecule has 0 bridgehead atoms. The summed E-state index contributed by atoms with van der Waals surface area (Å²) in [6, 6.07) is 13.3. The van der Waals surface area contributed by atoms with Crippen molar-refractivity contribution in [2.75, 3.05) is 7.05 Å². The van der Waals surface area contributed by atoms with Gasteiger partial charge in [0, 0.05) is 18.3 Å². The van der Waals surface area contributed by atoms with E-state index in [-0.39, 0.29) is 11.8 Å². The van der Waals surface area contributed by atoms with Crippen molar-refractivity contribution in [3.8, 4) is 17.2 Å². The van der Waals surface area contributed by atoms with Crippen LogP contribution in [0.3, 0.4) is 0 Å². The highest BCUT2D eigenvalue weighted by Gasteiger charge is 2.32. The fourth-order valence-electron chi connectivity index (χ4n) is 3.89. The lowest BCUT2D eigenvalue weighted by molar-refractivity contribution is 0.0693. The quantitative estimate of drug-likeness (QED) is 0.646. The number of aryl methyl sites for hydroxylation is 2. The maximum Gasteiger partial charge on any atom is 0.261 e. The van der Waals surface area contributed by atoms with Crippen LogP contribution >= 0.6 is 0 Å². The second-order valence-electron chi connectivity index (χ2n) is 7.39. The molecule has 0 spiro atoms. The van der Waals surface area contributed by atoms with Crippen molar-refractivity contribution in [2.24, 2.45) is 0 Å². The van der Waals surface area contributed by atoms with Crippen molar-refractivity contribution in [3.05, 3.63) is 75.6 Å². The van der Waals surface area contributed by atoms with Crippen molar-refractivity contribution in [3.63, 3.8) is 0 Å². The van der Waals surface area contributed by atoms with Crippen LogP contribution in [0, 0.1) is 32.1 Å². The molecule has 2 aromatic carbocycles. The van der Waals surface area contributed by atoms with Crippen LogP contribution in [-0.4, -0.2) is 33.5 Å². The molecule has 0 unspecified atom stereocenters. The Morgan fingerprint density at radius 1 is 1.00 bits per heavy atom. The molecule has 4 rings (SSSR count). The molecule has 1 aliphatic heterocycles. The largest absolute Gasteiger partial charge is 0.277 e. The van der Waals surface area contributed by atoms with Gasteiger partial charge >= 0.3 is 0 Å². The van der Waals surface area contributed by atoms with Gasteiger partial charge in [0.25, 0.3) is 11.8 Å². The summed E-state index contributed by atoms with van der Waals surface area (Å²) in [6.45, 7) is 6.41. The number of rotatable bonds is 3. The molecular weight excluding hydrogens is 364 g/mol. The number of imide groups is 1. The summed E-state index contributed by atoms with van der Waals surface area (Å²) in [6.07, 6.45) is 0. The Morgan fingerprint density at radius 2 is 1.72 bits per heavy atom. The van der Waals surface area contributed by atoms with Crippen LogP contribution in [0.4, 0.5) is 0 Å². The van der Waals surface area contributed by atoms with Crippen LogP contribution in [0.15, 0.2) is 36.4 Å². The predicted octanol–water partition coefficient (Wildman–Crippen LogP) is 3.62. The van der Waals surface area contributed by atoms with E-state index in [4.69, 9.17) is 5.26 Å². The molecule has 6 nitrogen and oxygen atoms in total. The van der Waals surface area contributed by atoms with Gasteiger partial charge in [0.1, 0.15) is 0 Å². The molecule has 0 atom stereocenters. The van der Waals surface area contributed by atoms with E-state index in [0.717, 1.165) is 38.5 Å². The summed E-state index contributed by atoms with van der Waals surface area (Å²) in [5.41, 5.74) is 7.38. The fourth-order valence-corrected chi connectivity index (χ4v) is 3.89. The molecule has 3 aromatic rings. The van der Waals surface area contributed by atoms with E-state index in [2.05, 4.69) is 11.2 Å². The SMILES string of the molecule is Cc1cc(-c2c(C)nn(Cc3ccc4c(c3)C(=O)N(C)C4=O)c2C)ccc1C#N. The Balaban J connectivity index is 1.70. The van der Waals surface area contributed by atoms with Gasteiger partial charge in [0.05, 0.1) is 35.0 Å². The van der Waals surface area contributed by atoms with E-state index in [1.54, 1.807) is 12.1 Å². The minimum absolute atomic E-state index is 0.263. The standard InChI is InChI=1S/C23H20N4O2/c1-13-9-17(6-7-18(13)11-24)21-14(2)25-27(15(21)3)12-16-5-8-19-20(10-16)23(29)26(4)22(19)28/h5-10H,12H2,1-4H3. The van der Waals surface area contributed by atoms with Crippen LogP contribution in [0.2, 0.25) is 0 Å². The lowest BCUT2D eigenvalue weighted by Gasteiger charge is -2.08. The molecule has 0 aliphatic carbocycles. The van der Waals surface area contributed by atoms with Crippen molar-refractivity contribution in [2.45, 2.75) is 27.3 Å². The Labute approximate surface area is 169 Å². The monoisotopic (exact) mass is 384 g/mol. The lowest BCUT2D eigenvalue weighted by atomic mass is 9.99. The number of aromatic nitrogens is 2. The molecular formula is C23H20N4O2. The highest BCUT2D eigenvalue weighted by molar-refractivity contribution is 6.21. The zero-order valence-electron chi connectivity index (χ0n) is 16.8. The van der Waals surface area contributed by atoms with E-state index in [9.17, 15) is 9.59 Å². The summed E-state index contributed by atoms with van der Waals surface area (Å²) in [7, 11) is 1.50. The number of nitriles is 1. The van der Waals surface area contributed by atoms with Gasteiger partial charge in [-0.15, -0.1) is 0 Å². The Hall–Kier alpha value is -3.72. The van der Waals surface area contributed by atoms with Crippen LogP contribution < -0.4 is 0 Å². The molecule has 2 amide bonds. The Morgan fingerprint density at radius 3 is 2.41 bits per heavy atom. The second-order valence-corrected chi connectivity index (χ2v) is 7.39. The van der Waals surface area contributed by atoms with Gasteiger partial charge in [0.2, 0.25) is 0 Å². The number of fused-ring (bicyclic) bond motifs is 1. The van der Waals surface area contributed by atoms with Gasteiger partial charge in [0.15, 0.2) is 0 Å².